The van der Waals surface area contributed by atoms with E-state index >= 15 is 0 Å². The van der Waals surface area contributed by atoms with E-state index in [0.29, 0.717) is 17.7 Å². The molecule has 0 aliphatic heterocycles. The molecule has 0 bridgehead atoms. The molecule has 3 aromatic heterocycles. The Morgan fingerprint density at radius 1 is 1.25 bits per heavy atom. The molecule has 100 valence electrons. The second-order valence-corrected chi connectivity index (χ2v) is 4.86. The molecule has 1 fully saturated rings. The molecule has 0 saturated heterocycles. The molecule has 0 aromatic carbocycles. The van der Waals surface area contributed by atoms with Crippen molar-refractivity contribution in [3.63, 3.8) is 0 Å². The van der Waals surface area contributed by atoms with Gasteiger partial charge in [-0.25, -0.2) is 4.98 Å². The molecule has 0 amide bonds. The van der Waals surface area contributed by atoms with Crippen LogP contribution in [0, 0.1) is 0 Å². The summed E-state index contributed by atoms with van der Waals surface area (Å²) in [6.07, 6.45) is 7.69. The molecule has 0 spiro atoms. The van der Waals surface area contributed by atoms with Crippen molar-refractivity contribution >= 4 is 10.9 Å². The van der Waals surface area contributed by atoms with Gasteiger partial charge >= 0.3 is 0 Å². The number of ether oxygens (including phenoxy) is 1. The van der Waals surface area contributed by atoms with Crippen molar-refractivity contribution in [3.8, 4) is 11.8 Å². The molecule has 20 heavy (non-hydrogen) atoms. The van der Waals surface area contributed by atoms with Gasteiger partial charge in [0.1, 0.15) is 0 Å². The molecule has 0 radical (unpaired) electrons. The quantitative estimate of drug-likeness (QED) is 0.727. The van der Waals surface area contributed by atoms with Gasteiger partial charge < -0.3 is 4.74 Å². The molecule has 1 aliphatic rings. The third-order valence-corrected chi connectivity index (χ3v) is 3.49. The molecular formula is C14H13N5O. The Labute approximate surface area is 115 Å². The SMILES string of the molecule is COc1ccnc(-n2nc(C3CC3)c3cnccc32)n1. The first-order chi connectivity index (χ1) is 9.86. The largest absolute Gasteiger partial charge is 0.481 e. The van der Waals surface area contributed by atoms with E-state index in [1.807, 2.05) is 12.3 Å². The molecule has 0 atom stereocenters. The van der Waals surface area contributed by atoms with Crippen molar-refractivity contribution in [2.45, 2.75) is 18.8 Å². The summed E-state index contributed by atoms with van der Waals surface area (Å²) in [5.74, 6) is 1.60. The maximum Gasteiger partial charge on any atom is 0.254 e. The van der Waals surface area contributed by atoms with Crippen molar-refractivity contribution < 1.29 is 4.74 Å². The summed E-state index contributed by atoms with van der Waals surface area (Å²) >= 11 is 0. The first-order valence-corrected chi connectivity index (χ1v) is 6.57. The molecule has 1 aliphatic carbocycles. The van der Waals surface area contributed by atoms with Crippen LogP contribution in [0.25, 0.3) is 16.9 Å². The Balaban J connectivity index is 1.94. The fourth-order valence-corrected chi connectivity index (χ4v) is 2.34. The van der Waals surface area contributed by atoms with Gasteiger partial charge in [0.05, 0.1) is 18.3 Å². The number of methoxy groups -OCH3 is 1. The van der Waals surface area contributed by atoms with Crippen molar-refractivity contribution in [2.75, 3.05) is 7.11 Å². The highest BCUT2D eigenvalue weighted by Gasteiger charge is 2.29. The lowest BCUT2D eigenvalue weighted by atomic mass is 10.2. The van der Waals surface area contributed by atoms with Gasteiger partial charge in [0.2, 0.25) is 5.88 Å². The third kappa shape index (κ3) is 1.72. The third-order valence-electron chi connectivity index (χ3n) is 3.49. The van der Waals surface area contributed by atoms with Gasteiger partial charge in [-0.1, -0.05) is 0 Å². The molecule has 4 rings (SSSR count). The lowest BCUT2D eigenvalue weighted by molar-refractivity contribution is 0.395. The second-order valence-electron chi connectivity index (χ2n) is 4.86. The van der Waals surface area contributed by atoms with Crippen molar-refractivity contribution in [3.05, 3.63) is 36.4 Å². The number of hydrogen-bond donors (Lipinski definition) is 0. The number of rotatable bonds is 3. The first-order valence-electron chi connectivity index (χ1n) is 6.57. The van der Waals surface area contributed by atoms with Gasteiger partial charge in [-0.05, 0) is 18.9 Å². The number of pyridine rings is 1. The van der Waals surface area contributed by atoms with Crippen LogP contribution in [0.3, 0.4) is 0 Å². The number of hydrogen-bond acceptors (Lipinski definition) is 5. The lowest BCUT2D eigenvalue weighted by Gasteiger charge is -2.03. The summed E-state index contributed by atoms with van der Waals surface area (Å²) in [6.45, 7) is 0. The molecule has 3 heterocycles. The molecule has 6 heteroatoms. The van der Waals surface area contributed by atoms with Crippen LogP contribution in [0.1, 0.15) is 24.5 Å². The lowest BCUT2D eigenvalue weighted by Crippen LogP contribution is -2.04. The predicted molar refractivity (Wildman–Crippen MR) is 73.0 cm³/mol. The van der Waals surface area contributed by atoms with Crippen molar-refractivity contribution in [2.24, 2.45) is 0 Å². The van der Waals surface area contributed by atoms with Gasteiger partial charge in [0, 0.05) is 36.0 Å². The van der Waals surface area contributed by atoms with Crippen molar-refractivity contribution in [1.29, 1.82) is 0 Å². The first kappa shape index (κ1) is 11.3. The topological polar surface area (TPSA) is 65.7 Å². The summed E-state index contributed by atoms with van der Waals surface area (Å²) in [5.41, 5.74) is 2.08. The minimum atomic E-state index is 0.521. The molecule has 0 N–H and O–H groups in total. The smallest absolute Gasteiger partial charge is 0.254 e. The van der Waals surface area contributed by atoms with Gasteiger partial charge in [-0.15, -0.1) is 0 Å². The van der Waals surface area contributed by atoms with E-state index in [2.05, 4.69) is 15.0 Å². The molecule has 6 nitrogen and oxygen atoms in total. The average Bonchev–Trinajstić information content (AvgIpc) is 3.28. The number of aromatic nitrogens is 5. The summed E-state index contributed by atoms with van der Waals surface area (Å²) in [6, 6.07) is 3.66. The predicted octanol–water partition coefficient (Wildman–Crippen LogP) is 2.10. The Morgan fingerprint density at radius 2 is 2.15 bits per heavy atom. The van der Waals surface area contributed by atoms with E-state index in [-0.39, 0.29) is 0 Å². The highest BCUT2D eigenvalue weighted by molar-refractivity contribution is 5.82. The number of nitrogens with zero attached hydrogens (tertiary/aromatic N) is 5. The number of fused-ring (bicyclic) bond motifs is 1. The van der Waals surface area contributed by atoms with E-state index in [1.54, 1.807) is 30.3 Å². The Hall–Kier alpha value is -2.50. The van der Waals surface area contributed by atoms with Gasteiger partial charge in [-0.3, -0.25) is 4.98 Å². The van der Waals surface area contributed by atoms with Crippen LogP contribution in [0.15, 0.2) is 30.7 Å². The van der Waals surface area contributed by atoms with Crippen LogP contribution in [0.5, 0.6) is 5.88 Å². The summed E-state index contributed by atoms with van der Waals surface area (Å²) in [4.78, 5) is 12.8. The zero-order chi connectivity index (χ0) is 13.5. The average molecular weight is 267 g/mol. The molecular weight excluding hydrogens is 254 g/mol. The minimum absolute atomic E-state index is 0.521. The van der Waals surface area contributed by atoms with Crippen LogP contribution in [-0.4, -0.2) is 31.8 Å². The van der Waals surface area contributed by atoms with Crippen LogP contribution in [-0.2, 0) is 0 Å². The summed E-state index contributed by atoms with van der Waals surface area (Å²) in [5, 5.41) is 5.78. The normalized spacial score (nSPS) is 14.7. The Kier molecular flexibility index (Phi) is 2.42. The fraction of sp³-hybridized carbons (Fsp3) is 0.286. The second kappa shape index (κ2) is 4.26. The summed E-state index contributed by atoms with van der Waals surface area (Å²) in [7, 11) is 1.59. The standard InChI is InChI=1S/C14H13N5O/c1-20-12-5-7-16-14(17-12)19-11-4-6-15-8-10(11)13(18-19)9-2-3-9/h4-9H,2-3H2,1H3. The van der Waals surface area contributed by atoms with Crippen LogP contribution < -0.4 is 4.74 Å². The van der Waals surface area contributed by atoms with E-state index in [4.69, 9.17) is 9.84 Å². The van der Waals surface area contributed by atoms with Crippen LogP contribution in [0.2, 0.25) is 0 Å². The van der Waals surface area contributed by atoms with Gasteiger partial charge in [-0.2, -0.15) is 14.8 Å². The van der Waals surface area contributed by atoms with Gasteiger partial charge in [0.25, 0.3) is 5.95 Å². The Bertz CT molecular complexity index is 778. The van der Waals surface area contributed by atoms with E-state index in [1.165, 1.54) is 12.8 Å². The maximum atomic E-state index is 5.15. The zero-order valence-electron chi connectivity index (χ0n) is 11.0. The van der Waals surface area contributed by atoms with Crippen molar-refractivity contribution in [1.82, 2.24) is 24.7 Å². The minimum Gasteiger partial charge on any atom is -0.481 e. The van der Waals surface area contributed by atoms with Crippen LogP contribution >= 0.6 is 0 Å². The molecule has 3 aromatic rings. The van der Waals surface area contributed by atoms with E-state index < -0.39 is 0 Å². The molecule has 0 unspecified atom stereocenters. The Morgan fingerprint density at radius 3 is 2.95 bits per heavy atom. The van der Waals surface area contributed by atoms with E-state index in [0.717, 1.165) is 16.6 Å². The fourth-order valence-electron chi connectivity index (χ4n) is 2.34. The highest BCUT2D eigenvalue weighted by Crippen LogP contribution is 2.42. The highest BCUT2D eigenvalue weighted by atomic mass is 16.5. The van der Waals surface area contributed by atoms with E-state index in [9.17, 15) is 0 Å². The van der Waals surface area contributed by atoms with Crippen LogP contribution in [0.4, 0.5) is 0 Å². The maximum absolute atomic E-state index is 5.15. The molecule has 1 saturated carbocycles. The van der Waals surface area contributed by atoms with Gasteiger partial charge in [0.15, 0.2) is 0 Å². The monoisotopic (exact) mass is 267 g/mol. The zero-order valence-corrected chi connectivity index (χ0v) is 11.0. The summed E-state index contributed by atoms with van der Waals surface area (Å²) < 4.78 is 6.92.